The van der Waals surface area contributed by atoms with E-state index in [2.05, 4.69) is 53.4 Å². The zero-order chi connectivity index (χ0) is 21.5. The summed E-state index contributed by atoms with van der Waals surface area (Å²) in [4.78, 5) is 2.31. The highest BCUT2D eigenvalue weighted by Crippen LogP contribution is 2.37. The topological polar surface area (TPSA) is 50.8 Å². The molecule has 0 saturated heterocycles. The Balaban J connectivity index is 1.82. The number of nitriles is 2. The van der Waals surface area contributed by atoms with Crippen LogP contribution in [0.15, 0.2) is 109 Å². The summed E-state index contributed by atoms with van der Waals surface area (Å²) in [5.74, 6) is 0. The third-order valence-electron chi connectivity index (χ3n) is 5.32. The predicted octanol–water partition coefficient (Wildman–Crippen LogP) is 6.55. The van der Waals surface area contributed by atoms with Crippen molar-refractivity contribution in [2.45, 2.75) is 12.5 Å². The molecule has 0 saturated carbocycles. The Hall–Kier alpha value is -4.34. The minimum Gasteiger partial charge on any atom is -0.334 e. The molecule has 4 rings (SSSR count). The first-order chi connectivity index (χ1) is 15.3. The third-order valence-corrected chi connectivity index (χ3v) is 5.32. The maximum atomic E-state index is 9.22. The first-order valence-electron chi connectivity index (χ1n) is 10.2. The minimum absolute atomic E-state index is 0.0319. The standard InChI is InChI=1S/C28H21N3/c29-20-23-13-11-22(12-14-23)19-28(25-7-3-1-4-8-25)31(26-9-5-2-6-10-26)27-17-15-24(21-30)16-18-27/h1-18,28H,19H2. The molecule has 0 bridgehead atoms. The molecule has 0 aliphatic carbocycles. The van der Waals surface area contributed by atoms with Gasteiger partial charge in [-0.2, -0.15) is 10.5 Å². The molecular weight excluding hydrogens is 378 g/mol. The van der Waals surface area contributed by atoms with Crippen LogP contribution in [-0.2, 0) is 6.42 Å². The summed E-state index contributed by atoms with van der Waals surface area (Å²) in [7, 11) is 0. The molecule has 3 heteroatoms. The highest BCUT2D eigenvalue weighted by molar-refractivity contribution is 5.66. The number of rotatable bonds is 6. The summed E-state index contributed by atoms with van der Waals surface area (Å²) >= 11 is 0. The summed E-state index contributed by atoms with van der Waals surface area (Å²) in [6.07, 6.45) is 0.768. The van der Waals surface area contributed by atoms with Gasteiger partial charge >= 0.3 is 0 Å². The molecule has 31 heavy (non-hydrogen) atoms. The van der Waals surface area contributed by atoms with Crippen LogP contribution in [-0.4, -0.2) is 0 Å². The van der Waals surface area contributed by atoms with Crippen molar-refractivity contribution >= 4 is 11.4 Å². The zero-order valence-corrected chi connectivity index (χ0v) is 17.0. The maximum Gasteiger partial charge on any atom is 0.0991 e. The molecule has 1 unspecified atom stereocenters. The Labute approximate surface area is 183 Å². The van der Waals surface area contributed by atoms with Gasteiger partial charge in [0.15, 0.2) is 0 Å². The average molecular weight is 399 g/mol. The molecule has 0 aromatic heterocycles. The van der Waals surface area contributed by atoms with Gasteiger partial charge in [-0.3, -0.25) is 0 Å². The van der Waals surface area contributed by atoms with E-state index in [0.29, 0.717) is 11.1 Å². The Kier molecular flexibility index (Phi) is 6.08. The molecule has 0 fully saturated rings. The Morgan fingerprint density at radius 2 is 1.06 bits per heavy atom. The van der Waals surface area contributed by atoms with Crippen molar-refractivity contribution in [1.29, 1.82) is 10.5 Å². The Morgan fingerprint density at radius 1 is 0.581 bits per heavy atom. The molecule has 4 aromatic rings. The van der Waals surface area contributed by atoms with Crippen LogP contribution in [0.3, 0.4) is 0 Å². The second-order valence-electron chi connectivity index (χ2n) is 7.30. The van der Waals surface area contributed by atoms with Crippen molar-refractivity contribution in [3.63, 3.8) is 0 Å². The van der Waals surface area contributed by atoms with Crippen LogP contribution in [0.2, 0.25) is 0 Å². The first kappa shape index (κ1) is 20.0. The van der Waals surface area contributed by atoms with Gasteiger partial charge in [0.25, 0.3) is 0 Å². The number of hydrogen-bond donors (Lipinski definition) is 0. The normalized spacial score (nSPS) is 11.2. The van der Waals surface area contributed by atoms with E-state index < -0.39 is 0 Å². The van der Waals surface area contributed by atoms with Crippen molar-refractivity contribution in [1.82, 2.24) is 0 Å². The molecule has 4 aromatic carbocycles. The number of anilines is 2. The second kappa shape index (κ2) is 9.44. The number of para-hydroxylation sites is 1. The summed E-state index contributed by atoms with van der Waals surface area (Å²) < 4.78 is 0. The fourth-order valence-corrected chi connectivity index (χ4v) is 3.77. The van der Waals surface area contributed by atoms with Crippen molar-refractivity contribution in [2.75, 3.05) is 4.90 Å². The van der Waals surface area contributed by atoms with Gasteiger partial charge in [0.2, 0.25) is 0 Å². The Morgan fingerprint density at radius 3 is 1.61 bits per heavy atom. The van der Waals surface area contributed by atoms with E-state index in [0.717, 1.165) is 23.4 Å². The van der Waals surface area contributed by atoms with Crippen molar-refractivity contribution < 1.29 is 0 Å². The lowest BCUT2D eigenvalue weighted by Gasteiger charge is -2.34. The van der Waals surface area contributed by atoms with E-state index in [1.807, 2.05) is 72.8 Å². The SMILES string of the molecule is N#Cc1ccc(CC(c2ccccc2)N(c2ccccc2)c2ccc(C#N)cc2)cc1. The largest absolute Gasteiger partial charge is 0.334 e. The Bertz CT molecular complexity index is 1200. The van der Waals surface area contributed by atoms with E-state index in [1.54, 1.807) is 0 Å². The molecule has 3 nitrogen and oxygen atoms in total. The monoisotopic (exact) mass is 399 g/mol. The molecule has 0 aliphatic heterocycles. The van der Waals surface area contributed by atoms with Crippen molar-refractivity contribution in [3.8, 4) is 12.1 Å². The van der Waals surface area contributed by atoms with Gasteiger partial charge in [0.05, 0.1) is 29.3 Å². The predicted molar refractivity (Wildman–Crippen MR) is 124 cm³/mol. The molecule has 0 amide bonds. The van der Waals surface area contributed by atoms with Gasteiger partial charge in [-0.25, -0.2) is 0 Å². The van der Waals surface area contributed by atoms with E-state index in [-0.39, 0.29) is 6.04 Å². The number of nitrogens with zero attached hydrogens (tertiary/aromatic N) is 3. The lowest BCUT2D eigenvalue weighted by atomic mass is 9.95. The van der Waals surface area contributed by atoms with E-state index in [1.165, 1.54) is 5.56 Å². The van der Waals surface area contributed by atoms with Crippen molar-refractivity contribution in [3.05, 3.63) is 131 Å². The fourth-order valence-electron chi connectivity index (χ4n) is 3.77. The van der Waals surface area contributed by atoms with Gasteiger partial charge in [0.1, 0.15) is 0 Å². The van der Waals surface area contributed by atoms with Crippen molar-refractivity contribution in [2.24, 2.45) is 0 Å². The highest BCUT2D eigenvalue weighted by atomic mass is 15.2. The molecular formula is C28H21N3. The van der Waals surface area contributed by atoms with Gasteiger partial charge in [0, 0.05) is 11.4 Å². The first-order valence-corrected chi connectivity index (χ1v) is 10.2. The number of benzene rings is 4. The van der Waals surface area contributed by atoms with Crippen LogP contribution in [0.4, 0.5) is 11.4 Å². The summed E-state index contributed by atoms with van der Waals surface area (Å²) in [6, 6.07) is 40.6. The third kappa shape index (κ3) is 4.64. The van der Waals surface area contributed by atoms with Gasteiger partial charge in [-0.05, 0) is 66.1 Å². The van der Waals surface area contributed by atoms with E-state index >= 15 is 0 Å². The minimum atomic E-state index is 0.0319. The molecule has 0 heterocycles. The second-order valence-corrected chi connectivity index (χ2v) is 7.30. The average Bonchev–Trinajstić information content (AvgIpc) is 2.85. The van der Waals surface area contributed by atoms with Gasteiger partial charge in [-0.1, -0.05) is 60.7 Å². The highest BCUT2D eigenvalue weighted by Gasteiger charge is 2.23. The van der Waals surface area contributed by atoms with E-state index in [9.17, 15) is 5.26 Å². The molecule has 148 valence electrons. The summed E-state index contributed by atoms with van der Waals surface area (Å²) in [5.41, 5.74) is 5.75. The summed E-state index contributed by atoms with van der Waals surface area (Å²) in [6.45, 7) is 0. The molecule has 0 N–H and O–H groups in total. The van der Waals surface area contributed by atoms with E-state index in [4.69, 9.17) is 5.26 Å². The lowest BCUT2D eigenvalue weighted by molar-refractivity contribution is 0.693. The van der Waals surface area contributed by atoms with Crippen LogP contribution >= 0.6 is 0 Å². The van der Waals surface area contributed by atoms with Gasteiger partial charge in [-0.15, -0.1) is 0 Å². The molecule has 0 aliphatic rings. The lowest BCUT2D eigenvalue weighted by Crippen LogP contribution is -2.25. The van der Waals surface area contributed by atoms with Crippen LogP contribution in [0.1, 0.15) is 28.3 Å². The molecule has 0 spiro atoms. The van der Waals surface area contributed by atoms with Crippen LogP contribution in [0.25, 0.3) is 0 Å². The quantitative estimate of drug-likeness (QED) is 0.369. The van der Waals surface area contributed by atoms with Crippen LogP contribution in [0.5, 0.6) is 0 Å². The molecule has 1 atom stereocenters. The van der Waals surface area contributed by atoms with Crippen LogP contribution < -0.4 is 4.90 Å². The van der Waals surface area contributed by atoms with Crippen LogP contribution in [0, 0.1) is 22.7 Å². The summed E-state index contributed by atoms with van der Waals surface area (Å²) in [5, 5.41) is 18.4. The molecule has 0 radical (unpaired) electrons. The zero-order valence-electron chi connectivity index (χ0n) is 17.0. The fraction of sp³-hybridized carbons (Fsp3) is 0.0714. The maximum absolute atomic E-state index is 9.22. The smallest absolute Gasteiger partial charge is 0.0991 e. The number of hydrogen-bond acceptors (Lipinski definition) is 3. The van der Waals surface area contributed by atoms with Gasteiger partial charge < -0.3 is 4.90 Å².